The van der Waals surface area contributed by atoms with Crippen molar-refractivity contribution in [3.63, 3.8) is 0 Å². The van der Waals surface area contributed by atoms with Crippen LogP contribution in [0.4, 0.5) is 0 Å². The molecule has 3 rings (SSSR count). The minimum atomic E-state index is -0.476. The van der Waals surface area contributed by atoms with E-state index in [9.17, 15) is 4.79 Å². The second-order valence-electron chi connectivity index (χ2n) is 6.64. The fourth-order valence-electron chi connectivity index (χ4n) is 2.72. The Bertz CT molecular complexity index is 746. The Balaban J connectivity index is 0.00000225. The van der Waals surface area contributed by atoms with Crippen LogP contribution in [0.1, 0.15) is 61.2 Å². The molecule has 6 nitrogen and oxygen atoms in total. The van der Waals surface area contributed by atoms with Gasteiger partial charge in [-0.2, -0.15) is 4.98 Å². The quantitative estimate of drug-likeness (QED) is 0.755. The Labute approximate surface area is 161 Å². The summed E-state index contributed by atoms with van der Waals surface area (Å²) in [6.45, 7) is 3.99. The molecule has 0 spiro atoms. The number of benzene rings is 1. The van der Waals surface area contributed by atoms with E-state index in [4.69, 9.17) is 10.3 Å². The zero-order valence-corrected chi connectivity index (χ0v) is 16.6. The summed E-state index contributed by atoms with van der Waals surface area (Å²) in [7, 11) is 0. The van der Waals surface area contributed by atoms with Crippen LogP contribution >= 0.6 is 28.3 Å². The number of nitrogens with two attached hydrogens (primary N) is 1. The molecule has 0 saturated heterocycles. The Morgan fingerprint density at radius 3 is 2.60 bits per heavy atom. The minimum Gasteiger partial charge on any atom is -0.340 e. The molecule has 3 N–H and O–H groups in total. The summed E-state index contributed by atoms with van der Waals surface area (Å²) >= 11 is 3.40. The minimum absolute atomic E-state index is 0. The molecule has 1 aliphatic rings. The third-order valence-electron chi connectivity index (χ3n) is 4.47. The predicted molar refractivity (Wildman–Crippen MR) is 100 cm³/mol. The molecule has 1 unspecified atom stereocenters. The second kappa shape index (κ2) is 7.85. The number of nitrogens with one attached hydrogen (secondary N) is 1. The lowest BCUT2D eigenvalue weighted by Gasteiger charge is -2.34. The maximum atomic E-state index is 12.6. The first-order chi connectivity index (χ1) is 11.4. The zero-order chi connectivity index (χ0) is 17.3. The van der Waals surface area contributed by atoms with Crippen molar-refractivity contribution in [3.8, 4) is 0 Å². The maximum Gasteiger partial charge on any atom is 0.253 e. The summed E-state index contributed by atoms with van der Waals surface area (Å²) < 4.78 is 6.15. The van der Waals surface area contributed by atoms with Gasteiger partial charge in [-0.1, -0.05) is 31.1 Å². The highest BCUT2D eigenvalue weighted by Gasteiger charge is 2.40. The number of amides is 1. The van der Waals surface area contributed by atoms with Crippen LogP contribution in [-0.4, -0.2) is 16.0 Å². The van der Waals surface area contributed by atoms with Crippen LogP contribution in [0.3, 0.4) is 0 Å². The van der Waals surface area contributed by atoms with Crippen LogP contribution in [0.15, 0.2) is 33.3 Å². The normalized spacial score (nSPS) is 16.7. The summed E-state index contributed by atoms with van der Waals surface area (Å²) in [6, 6.07) is 6.92. The molecule has 0 bridgehead atoms. The van der Waals surface area contributed by atoms with Crippen LogP contribution in [0.5, 0.6) is 0 Å². The Hall–Kier alpha value is -1.44. The molecule has 25 heavy (non-hydrogen) atoms. The van der Waals surface area contributed by atoms with Crippen molar-refractivity contribution in [2.45, 2.75) is 44.7 Å². The smallest absolute Gasteiger partial charge is 0.253 e. The zero-order valence-electron chi connectivity index (χ0n) is 14.2. The van der Waals surface area contributed by atoms with E-state index in [1.54, 1.807) is 6.07 Å². The van der Waals surface area contributed by atoms with E-state index >= 15 is 0 Å². The van der Waals surface area contributed by atoms with Gasteiger partial charge in [-0.15, -0.1) is 12.4 Å². The van der Waals surface area contributed by atoms with Gasteiger partial charge < -0.3 is 15.6 Å². The van der Waals surface area contributed by atoms with Crippen LogP contribution in [-0.2, 0) is 5.54 Å². The molecule has 0 aliphatic heterocycles. The van der Waals surface area contributed by atoms with Gasteiger partial charge in [0, 0.05) is 4.47 Å². The second-order valence-corrected chi connectivity index (χ2v) is 7.50. The summed E-state index contributed by atoms with van der Waals surface area (Å²) in [4.78, 5) is 17.0. The van der Waals surface area contributed by atoms with Crippen LogP contribution in [0.2, 0.25) is 0 Å². The van der Waals surface area contributed by atoms with Gasteiger partial charge in [-0.25, -0.2) is 0 Å². The average Bonchev–Trinajstić information content (AvgIpc) is 3.00. The SMILES string of the molecule is CC(C)C(NC(=O)c1ccccc1Br)c1nc(C2(N)CCC2)no1.Cl. The summed E-state index contributed by atoms with van der Waals surface area (Å²) in [6.07, 6.45) is 2.80. The molecule has 8 heteroatoms. The summed E-state index contributed by atoms with van der Waals surface area (Å²) in [5.74, 6) is 0.841. The Morgan fingerprint density at radius 1 is 1.36 bits per heavy atom. The molecule has 136 valence electrons. The molecule has 1 aliphatic carbocycles. The highest BCUT2D eigenvalue weighted by Crippen LogP contribution is 2.37. The van der Waals surface area contributed by atoms with Gasteiger partial charge in [0.15, 0.2) is 5.82 Å². The largest absolute Gasteiger partial charge is 0.340 e. The molecule has 1 amide bonds. The Morgan fingerprint density at radius 2 is 2.04 bits per heavy atom. The fraction of sp³-hybridized carbons (Fsp3) is 0.471. The third kappa shape index (κ3) is 4.04. The molecule has 0 radical (unpaired) electrons. The lowest BCUT2D eigenvalue weighted by atomic mass is 9.77. The Kier molecular flexibility index (Phi) is 6.24. The number of halogens is 2. The van der Waals surface area contributed by atoms with Crippen molar-refractivity contribution in [1.82, 2.24) is 15.5 Å². The van der Waals surface area contributed by atoms with Gasteiger partial charge in [0.05, 0.1) is 11.1 Å². The number of nitrogens with zero attached hydrogens (tertiary/aromatic N) is 2. The fourth-order valence-corrected chi connectivity index (χ4v) is 3.19. The van der Waals surface area contributed by atoms with Crippen molar-refractivity contribution in [3.05, 3.63) is 46.0 Å². The standard InChI is InChI=1S/C17H21BrN4O2.ClH/c1-10(2)13(20-14(23)11-6-3-4-7-12(11)18)15-21-16(22-24-15)17(19)8-5-9-17;/h3-4,6-7,10,13H,5,8-9,19H2,1-2H3,(H,20,23);1H. The molecule has 1 saturated carbocycles. The van der Waals surface area contributed by atoms with E-state index in [0.717, 1.165) is 23.7 Å². The number of rotatable bonds is 5. The molecule has 1 aromatic carbocycles. The number of carbonyl (C=O) groups excluding carboxylic acids is 1. The van der Waals surface area contributed by atoms with E-state index < -0.39 is 5.54 Å². The van der Waals surface area contributed by atoms with Crippen molar-refractivity contribution in [1.29, 1.82) is 0 Å². The molecule has 2 aromatic rings. The van der Waals surface area contributed by atoms with Crippen LogP contribution in [0, 0.1) is 5.92 Å². The van der Waals surface area contributed by atoms with Crippen molar-refractivity contribution < 1.29 is 9.32 Å². The highest BCUT2D eigenvalue weighted by atomic mass is 79.9. The van der Waals surface area contributed by atoms with Crippen molar-refractivity contribution >= 4 is 34.2 Å². The van der Waals surface area contributed by atoms with Gasteiger partial charge in [-0.05, 0) is 53.2 Å². The van der Waals surface area contributed by atoms with Gasteiger partial charge >= 0.3 is 0 Å². The van der Waals surface area contributed by atoms with Crippen LogP contribution in [0.25, 0.3) is 0 Å². The summed E-state index contributed by atoms with van der Waals surface area (Å²) in [5.41, 5.74) is 6.34. The average molecular weight is 430 g/mol. The van der Waals surface area contributed by atoms with E-state index in [2.05, 4.69) is 31.4 Å². The third-order valence-corrected chi connectivity index (χ3v) is 5.16. The molecular weight excluding hydrogens is 408 g/mol. The highest BCUT2D eigenvalue weighted by molar-refractivity contribution is 9.10. The molecule has 1 atom stereocenters. The lowest BCUT2D eigenvalue weighted by molar-refractivity contribution is 0.0913. The maximum absolute atomic E-state index is 12.6. The van der Waals surface area contributed by atoms with Gasteiger partial charge in [0.2, 0.25) is 5.89 Å². The molecule has 1 fully saturated rings. The topological polar surface area (TPSA) is 94.0 Å². The van der Waals surface area contributed by atoms with Gasteiger partial charge in [-0.3, -0.25) is 4.79 Å². The van der Waals surface area contributed by atoms with Crippen molar-refractivity contribution in [2.75, 3.05) is 0 Å². The monoisotopic (exact) mass is 428 g/mol. The first kappa shape index (κ1) is 19.9. The number of hydrogen-bond acceptors (Lipinski definition) is 5. The first-order valence-corrected chi connectivity index (χ1v) is 8.88. The van der Waals surface area contributed by atoms with Gasteiger partial charge in [0.25, 0.3) is 5.91 Å². The molecular formula is C17H22BrClN4O2. The van der Waals surface area contributed by atoms with E-state index in [-0.39, 0.29) is 30.3 Å². The molecule has 1 heterocycles. The van der Waals surface area contributed by atoms with Crippen LogP contribution < -0.4 is 11.1 Å². The summed E-state index contributed by atoms with van der Waals surface area (Å²) in [5, 5.41) is 7.02. The van der Waals surface area contributed by atoms with Crippen molar-refractivity contribution in [2.24, 2.45) is 11.7 Å². The molecule has 1 aromatic heterocycles. The predicted octanol–water partition coefficient (Wildman–Crippen LogP) is 3.72. The van der Waals surface area contributed by atoms with E-state index in [1.807, 2.05) is 32.0 Å². The first-order valence-electron chi connectivity index (χ1n) is 8.09. The van der Waals surface area contributed by atoms with E-state index in [1.165, 1.54) is 0 Å². The van der Waals surface area contributed by atoms with E-state index in [0.29, 0.717) is 17.3 Å². The number of hydrogen-bond donors (Lipinski definition) is 2. The lowest BCUT2D eigenvalue weighted by Crippen LogP contribution is -2.44. The van der Waals surface area contributed by atoms with Gasteiger partial charge in [0.1, 0.15) is 6.04 Å². The number of aromatic nitrogens is 2. The number of carbonyl (C=O) groups is 1.